The Bertz CT molecular complexity index is 474. The van der Waals surface area contributed by atoms with Crippen molar-refractivity contribution in [2.75, 3.05) is 18.1 Å². The number of rotatable bonds is 6. The van der Waals surface area contributed by atoms with Crippen LogP contribution >= 0.6 is 0 Å². The predicted molar refractivity (Wildman–Crippen MR) is 64.1 cm³/mol. The lowest BCUT2D eigenvalue weighted by atomic mass is 10.2. The zero-order valence-electron chi connectivity index (χ0n) is 9.65. The molecule has 0 aliphatic carbocycles. The van der Waals surface area contributed by atoms with Crippen molar-refractivity contribution < 1.29 is 17.5 Å². The molecule has 1 aromatic carbocycles. The molecule has 0 bridgehead atoms. The minimum Gasteiger partial charge on any atom is -0.489 e. The van der Waals surface area contributed by atoms with Crippen molar-refractivity contribution in [3.8, 4) is 5.75 Å². The average Bonchev–Trinajstić information content (AvgIpc) is 2.31. The van der Waals surface area contributed by atoms with Crippen molar-refractivity contribution >= 4 is 9.84 Å². The summed E-state index contributed by atoms with van der Waals surface area (Å²) in [5, 5.41) is 0. The average molecular weight is 261 g/mol. The van der Waals surface area contributed by atoms with Gasteiger partial charge in [-0.25, -0.2) is 12.8 Å². The molecule has 0 radical (unpaired) electrons. The standard InChI is InChI=1S/C11H16FNO3S/c1-2-17(14,15)6-5-16-11-4-3-9(8-13)7-10(11)12/h3-4,7H,2,5-6,8,13H2,1H3. The number of sulfone groups is 1. The van der Waals surface area contributed by atoms with Crippen molar-refractivity contribution in [2.45, 2.75) is 13.5 Å². The van der Waals surface area contributed by atoms with Gasteiger partial charge < -0.3 is 10.5 Å². The maximum Gasteiger partial charge on any atom is 0.165 e. The van der Waals surface area contributed by atoms with Crippen LogP contribution in [0.4, 0.5) is 4.39 Å². The van der Waals surface area contributed by atoms with Gasteiger partial charge in [-0.2, -0.15) is 0 Å². The third-order valence-electron chi connectivity index (χ3n) is 2.32. The molecule has 1 aromatic rings. The van der Waals surface area contributed by atoms with Gasteiger partial charge in [0.15, 0.2) is 21.4 Å². The summed E-state index contributed by atoms with van der Waals surface area (Å²) < 4.78 is 40.9. The van der Waals surface area contributed by atoms with Gasteiger partial charge >= 0.3 is 0 Å². The topological polar surface area (TPSA) is 69.4 Å². The van der Waals surface area contributed by atoms with Gasteiger partial charge in [-0.1, -0.05) is 13.0 Å². The van der Waals surface area contributed by atoms with Gasteiger partial charge in [0.1, 0.15) is 6.61 Å². The lowest BCUT2D eigenvalue weighted by Gasteiger charge is -2.08. The molecule has 96 valence electrons. The second-order valence-electron chi connectivity index (χ2n) is 3.55. The molecule has 0 heterocycles. The van der Waals surface area contributed by atoms with Crippen LogP contribution in [0.5, 0.6) is 5.75 Å². The highest BCUT2D eigenvalue weighted by molar-refractivity contribution is 7.91. The van der Waals surface area contributed by atoms with Crippen LogP contribution < -0.4 is 10.5 Å². The van der Waals surface area contributed by atoms with Crippen LogP contribution in [0.15, 0.2) is 18.2 Å². The van der Waals surface area contributed by atoms with Gasteiger partial charge in [0.2, 0.25) is 0 Å². The van der Waals surface area contributed by atoms with Gasteiger partial charge in [0.05, 0.1) is 5.75 Å². The van der Waals surface area contributed by atoms with Gasteiger partial charge in [-0.15, -0.1) is 0 Å². The number of halogens is 1. The number of hydrogen-bond donors (Lipinski definition) is 1. The summed E-state index contributed by atoms with van der Waals surface area (Å²) in [7, 11) is -3.08. The fourth-order valence-electron chi connectivity index (χ4n) is 1.21. The minimum atomic E-state index is -3.08. The summed E-state index contributed by atoms with van der Waals surface area (Å²) in [4.78, 5) is 0. The molecule has 17 heavy (non-hydrogen) atoms. The molecule has 0 amide bonds. The Kier molecular flexibility index (Phi) is 4.89. The highest BCUT2D eigenvalue weighted by atomic mass is 32.2. The maximum atomic E-state index is 13.4. The van der Waals surface area contributed by atoms with E-state index >= 15 is 0 Å². The molecule has 0 fully saturated rings. The first kappa shape index (κ1) is 13.9. The quantitative estimate of drug-likeness (QED) is 0.832. The molecule has 2 N–H and O–H groups in total. The van der Waals surface area contributed by atoms with Crippen molar-refractivity contribution in [1.29, 1.82) is 0 Å². The summed E-state index contributed by atoms with van der Waals surface area (Å²) in [5.41, 5.74) is 6.02. The molecule has 1 rings (SSSR count). The summed E-state index contributed by atoms with van der Waals surface area (Å²) in [6.45, 7) is 1.77. The van der Waals surface area contributed by atoms with Crippen LogP contribution in [-0.2, 0) is 16.4 Å². The Morgan fingerprint density at radius 1 is 1.41 bits per heavy atom. The molecule has 0 atom stereocenters. The first-order valence-electron chi connectivity index (χ1n) is 5.30. The second-order valence-corrected chi connectivity index (χ2v) is 6.03. The number of hydrogen-bond acceptors (Lipinski definition) is 4. The fourth-order valence-corrected chi connectivity index (χ4v) is 1.84. The highest BCUT2D eigenvalue weighted by Gasteiger charge is 2.09. The molecule has 6 heteroatoms. The Morgan fingerprint density at radius 3 is 2.65 bits per heavy atom. The molecule has 0 saturated heterocycles. The highest BCUT2D eigenvalue weighted by Crippen LogP contribution is 2.18. The molecule has 4 nitrogen and oxygen atoms in total. The third kappa shape index (κ3) is 4.32. The lowest BCUT2D eigenvalue weighted by molar-refractivity contribution is 0.322. The zero-order chi connectivity index (χ0) is 12.9. The van der Waals surface area contributed by atoms with Gasteiger partial charge in [0.25, 0.3) is 0 Å². The van der Waals surface area contributed by atoms with E-state index in [1.807, 2.05) is 0 Å². The normalized spacial score (nSPS) is 11.5. The van der Waals surface area contributed by atoms with Crippen LogP contribution in [0.25, 0.3) is 0 Å². The van der Waals surface area contributed by atoms with Crippen LogP contribution in [0.3, 0.4) is 0 Å². The van der Waals surface area contributed by atoms with E-state index in [0.29, 0.717) is 5.56 Å². The summed E-state index contributed by atoms with van der Waals surface area (Å²) >= 11 is 0. The minimum absolute atomic E-state index is 0.0466. The number of benzene rings is 1. The van der Waals surface area contributed by atoms with Gasteiger partial charge in [-0.05, 0) is 17.7 Å². The Morgan fingerprint density at radius 2 is 2.12 bits per heavy atom. The Balaban J connectivity index is 2.58. The van der Waals surface area contributed by atoms with Crippen molar-refractivity contribution in [1.82, 2.24) is 0 Å². The predicted octanol–water partition coefficient (Wildman–Crippen LogP) is 1.10. The van der Waals surface area contributed by atoms with Gasteiger partial charge in [0, 0.05) is 12.3 Å². The van der Waals surface area contributed by atoms with Crippen molar-refractivity contribution in [3.05, 3.63) is 29.6 Å². The fraction of sp³-hybridized carbons (Fsp3) is 0.455. The Labute approximate surface area is 101 Å². The SMILES string of the molecule is CCS(=O)(=O)CCOc1ccc(CN)cc1F. The van der Waals surface area contributed by atoms with E-state index < -0.39 is 15.7 Å². The molecule has 0 spiro atoms. The van der Waals surface area contributed by atoms with Crippen molar-refractivity contribution in [3.63, 3.8) is 0 Å². The van der Waals surface area contributed by atoms with E-state index in [9.17, 15) is 12.8 Å². The third-order valence-corrected chi connectivity index (χ3v) is 3.99. The molecule has 0 aliphatic heterocycles. The van der Waals surface area contributed by atoms with E-state index in [0.717, 1.165) is 0 Å². The molecule has 0 saturated carbocycles. The molecular weight excluding hydrogens is 245 g/mol. The van der Waals surface area contributed by atoms with Crippen LogP contribution in [0.2, 0.25) is 0 Å². The maximum absolute atomic E-state index is 13.4. The summed E-state index contributed by atoms with van der Waals surface area (Å²) in [6.07, 6.45) is 0. The van der Waals surface area contributed by atoms with Crippen LogP contribution in [0.1, 0.15) is 12.5 Å². The Hall–Kier alpha value is -1.14. The zero-order valence-corrected chi connectivity index (χ0v) is 10.5. The summed E-state index contributed by atoms with van der Waals surface area (Å²) in [5.74, 6) is -0.526. The number of ether oxygens (including phenoxy) is 1. The molecule has 0 aromatic heterocycles. The van der Waals surface area contributed by atoms with E-state index in [4.69, 9.17) is 10.5 Å². The first-order valence-corrected chi connectivity index (χ1v) is 7.12. The second kappa shape index (κ2) is 5.97. The monoisotopic (exact) mass is 261 g/mol. The number of nitrogens with two attached hydrogens (primary N) is 1. The lowest BCUT2D eigenvalue weighted by Crippen LogP contribution is -2.16. The van der Waals surface area contributed by atoms with E-state index in [-0.39, 0.29) is 30.4 Å². The largest absolute Gasteiger partial charge is 0.489 e. The first-order chi connectivity index (χ1) is 7.98. The van der Waals surface area contributed by atoms with Crippen LogP contribution in [0, 0.1) is 5.82 Å². The van der Waals surface area contributed by atoms with Gasteiger partial charge in [-0.3, -0.25) is 0 Å². The smallest absolute Gasteiger partial charge is 0.165 e. The van der Waals surface area contributed by atoms with Crippen molar-refractivity contribution in [2.24, 2.45) is 5.73 Å². The summed E-state index contributed by atoms with van der Waals surface area (Å²) in [6, 6.07) is 4.38. The molecule has 0 aliphatic rings. The molecular formula is C11H16FNO3S. The van der Waals surface area contributed by atoms with E-state index in [1.54, 1.807) is 13.0 Å². The molecule has 0 unspecified atom stereocenters. The van der Waals surface area contributed by atoms with E-state index in [1.165, 1.54) is 12.1 Å². The van der Waals surface area contributed by atoms with Crippen LogP contribution in [-0.4, -0.2) is 26.5 Å². The van der Waals surface area contributed by atoms with E-state index in [2.05, 4.69) is 0 Å².